The summed E-state index contributed by atoms with van der Waals surface area (Å²) >= 11 is 74.8. The minimum Gasteiger partial charge on any atom is -0.108 e. The summed E-state index contributed by atoms with van der Waals surface area (Å²) in [5, 5.41) is 0. The zero-order chi connectivity index (χ0) is 16.1. The Morgan fingerprint density at radius 3 is 1.00 bits per heavy atom. The fraction of sp³-hybridized carbons (Fsp3) is 0.833. The minimum absolute atomic E-state index is 0.725. The van der Waals surface area contributed by atoms with E-state index in [9.17, 15) is 0 Å². The van der Waals surface area contributed by atoms with Crippen LogP contribution in [0.15, 0.2) is 0 Å². The Kier molecular flexibility index (Phi) is 8.32. The van der Waals surface area contributed by atoms with E-state index >= 15 is 0 Å². The summed E-state index contributed by atoms with van der Waals surface area (Å²) < 4.78 is -10.1. The van der Waals surface area contributed by atoms with Gasteiger partial charge >= 0.3 is 0 Å². The van der Waals surface area contributed by atoms with Crippen LogP contribution in [0.1, 0.15) is 0 Å². The van der Waals surface area contributed by atoms with Crippen molar-refractivity contribution in [3.63, 3.8) is 0 Å². The van der Waals surface area contributed by atoms with Gasteiger partial charge in [-0.1, -0.05) is 139 Å². The van der Waals surface area contributed by atoms with Crippen LogP contribution in [-0.4, -0.2) is 21.1 Å². The standard InChI is InChI=1S/C6Cl13/c7-1(8)2(9,10)3(11,5(14,15)16)4(12,13)6(17,18)19. The van der Waals surface area contributed by atoms with E-state index in [4.69, 9.17) is 151 Å². The molecule has 0 aromatic carbocycles. The van der Waals surface area contributed by atoms with Gasteiger partial charge in [0.25, 0.3) is 0 Å². The predicted molar refractivity (Wildman–Crippen MR) is 93.0 cm³/mol. The molecule has 0 saturated heterocycles. The normalized spacial score (nSPS) is 18.6. The maximum absolute atomic E-state index is 6.11. The van der Waals surface area contributed by atoms with Gasteiger partial charge in [0.1, 0.15) is 0 Å². The maximum atomic E-state index is 6.11. The van der Waals surface area contributed by atoms with Crippen LogP contribution < -0.4 is 0 Å². The quantitative estimate of drug-likeness (QED) is 0.323. The van der Waals surface area contributed by atoms with Crippen LogP contribution in [0.25, 0.3) is 0 Å². The lowest BCUT2D eigenvalue weighted by Gasteiger charge is -2.51. The van der Waals surface area contributed by atoms with Gasteiger partial charge < -0.3 is 0 Å². The molecule has 1 radical (unpaired) electrons. The van der Waals surface area contributed by atoms with Crippen LogP contribution in [0, 0.1) is 4.84 Å². The first kappa shape index (κ1) is 22.8. The van der Waals surface area contributed by atoms with Gasteiger partial charge in [-0.25, -0.2) is 0 Å². The van der Waals surface area contributed by atoms with Crippen molar-refractivity contribution in [2.24, 2.45) is 0 Å². The molecule has 0 amide bonds. The lowest BCUT2D eigenvalue weighted by molar-refractivity contribution is 0.486. The van der Waals surface area contributed by atoms with E-state index in [1.54, 1.807) is 0 Å². The average molecular weight is 533 g/mol. The Balaban J connectivity index is 6.30. The lowest BCUT2D eigenvalue weighted by atomic mass is 10.0. The molecule has 0 saturated carbocycles. The Labute approximate surface area is 175 Å². The van der Waals surface area contributed by atoms with Crippen molar-refractivity contribution in [3.8, 4) is 0 Å². The third-order valence-corrected chi connectivity index (χ3v) is 8.69. The van der Waals surface area contributed by atoms with Crippen molar-refractivity contribution in [1.29, 1.82) is 0 Å². The van der Waals surface area contributed by atoms with Crippen molar-refractivity contribution in [2.45, 2.75) is 21.1 Å². The molecule has 1 atom stereocenters. The molecule has 115 valence electrons. The van der Waals surface area contributed by atoms with Crippen LogP contribution in [0.2, 0.25) is 0 Å². The van der Waals surface area contributed by atoms with E-state index in [1.807, 2.05) is 0 Å². The molecule has 0 aliphatic carbocycles. The molecule has 0 rings (SSSR count). The van der Waals surface area contributed by atoms with Crippen LogP contribution in [-0.2, 0) is 0 Å². The van der Waals surface area contributed by atoms with E-state index in [-0.39, 0.29) is 0 Å². The van der Waals surface area contributed by atoms with Gasteiger partial charge in [0.15, 0.2) is 18.4 Å². The maximum Gasteiger partial charge on any atom is 0.225 e. The fourth-order valence-corrected chi connectivity index (χ4v) is 4.82. The second kappa shape index (κ2) is 6.95. The molecule has 19 heavy (non-hydrogen) atoms. The molecule has 0 aliphatic rings. The Morgan fingerprint density at radius 2 is 0.842 bits per heavy atom. The largest absolute Gasteiger partial charge is 0.225 e. The Morgan fingerprint density at radius 1 is 0.526 bits per heavy atom. The van der Waals surface area contributed by atoms with Crippen LogP contribution in [0.5, 0.6) is 0 Å². The molecule has 0 aliphatic heterocycles. The van der Waals surface area contributed by atoms with E-state index in [1.165, 1.54) is 0 Å². The molecule has 0 nitrogen and oxygen atoms in total. The molecule has 0 bridgehead atoms. The van der Waals surface area contributed by atoms with E-state index in [0.29, 0.717) is 0 Å². The smallest absolute Gasteiger partial charge is 0.108 e. The molecule has 1 unspecified atom stereocenters. The van der Waals surface area contributed by atoms with Gasteiger partial charge in [-0.05, 0) is 0 Å². The van der Waals surface area contributed by atoms with Gasteiger partial charge in [-0.15, -0.1) is 11.6 Å². The molecule has 0 N–H and O–H groups in total. The zero-order valence-corrected chi connectivity index (χ0v) is 17.7. The SMILES string of the molecule is Cl[C](Cl)C(Cl)(Cl)C(Cl)(C(Cl)(Cl)Cl)C(Cl)(Cl)C(Cl)(Cl)Cl. The first-order valence-electron chi connectivity index (χ1n) is 3.71. The predicted octanol–water partition coefficient (Wildman–Crippen LogP) is 8.02. The molecular weight excluding hydrogens is 533 g/mol. The lowest BCUT2D eigenvalue weighted by Crippen LogP contribution is -2.67. The van der Waals surface area contributed by atoms with E-state index in [0.717, 1.165) is 0 Å². The summed E-state index contributed by atoms with van der Waals surface area (Å²) in [6.07, 6.45) is 0. The summed E-state index contributed by atoms with van der Waals surface area (Å²) in [7, 11) is 0. The van der Waals surface area contributed by atoms with Crippen molar-refractivity contribution in [1.82, 2.24) is 0 Å². The summed E-state index contributed by atoms with van der Waals surface area (Å²) in [4.78, 5) is -3.36. The summed E-state index contributed by atoms with van der Waals surface area (Å²) in [6, 6.07) is 0. The molecule has 0 heterocycles. The van der Waals surface area contributed by atoms with Gasteiger partial charge in [0, 0.05) is 0 Å². The first-order chi connectivity index (χ1) is 7.94. The number of rotatable bonds is 3. The minimum atomic E-state index is -2.63. The Bertz CT molecular complexity index is 321. The van der Waals surface area contributed by atoms with Gasteiger partial charge in [0.2, 0.25) is 7.59 Å². The highest BCUT2D eigenvalue weighted by Gasteiger charge is 2.77. The van der Waals surface area contributed by atoms with Crippen LogP contribution in [0.3, 0.4) is 0 Å². The van der Waals surface area contributed by atoms with Crippen molar-refractivity contribution in [3.05, 3.63) is 4.84 Å². The van der Waals surface area contributed by atoms with Crippen molar-refractivity contribution < 1.29 is 0 Å². The van der Waals surface area contributed by atoms with Crippen molar-refractivity contribution >= 4 is 151 Å². The highest BCUT2D eigenvalue weighted by Crippen LogP contribution is 2.69. The molecule has 0 fully saturated rings. The number of halogens is 13. The van der Waals surface area contributed by atoms with Gasteiger partial charge in [-0.2, -0.15) is 0 Å². The first-order valence-corrected chi connectivity index (χ1v) is 8.62. The third-order valence-electron chi connectivity index (χ3n) is 1.85. The van der Waals surface area contributed by atoms with Gasteiger partial charge in [0.05, 0.1) is 0 Å². The van der Waals surface area contributed by atoms with Gasteiger partial charge in [-0.3, -0.25) is 0 Å². The molecule has 0 spiro atoms. The molecule has 13 heteroatoms. The highest BCUT2D eigenvalue weighted by molar-refractivity contribution is 6.82. The van der Waals surface area contributed by atoms with Crippen LogP contribution in [0.4, 0.5) is 0 Å². The molecule has 0 aromatic rings. The molecular formula is C6Cl13. The summed E-state index contributed by atoms with van der Waals surface area (Å²) in [5.41, 5.74) is 0. The number of hydrogen-bond donors (Lipinski definition) is 0. The zero-order valence-electron chi connectivity index (χ0n) is 7.91. The second-order valence-electron chi connectivity index (χ2n) is 3.06. The highest BCUT2D eigenvalue weighted by atomic mass is 35.6. The third kappa shape index (κ3) is 4.06. The van der Waals surface area contributed by atoms with Crippen molar-refractivity contribution in [2.75, 3.05) is 0 Å². The second-order valence-corrected chi connectivity index (χ2v) is 11.8. The molecule has 0 aromatic heterocycles. The summed E-state index contributed by atoms with van der Waals surface area (Å²) in [5.74, 6) is 0. The number of alkyl halides is 11. The van der Waals surface area contributed by atoms with E-state index in [2.05, 4.69) is 0 Å². The Hall–Kier alpha value is 3.77. The van der Waals surface area contributed by atoms with Crippen LogP contribution >= 0.6 is 151 Å². The average Bonchev–Trinajstić information content (AvgIpc) is 2.11. The number of hydrogen-bond acceptors (Lipinski definition) is 0. The monoisotopic (exact) mass is 527 g/mol. The van der Waals surface area contributed by atoms with E-state index < -0.39 is 26.0 Å². The topological polar surface area (TPSA) is 0 Å². The summed E-state index contributed by atoms with van der Waals surface area (Å²) in [6.45, 7) is 0. The fourth-order valence-electron chi connectivity index (χ4n) is 0.879.